The lowest BCUT2D eigenvalue weighted by molar-refractivity contribution is 0.0894. The van der Waals surface area contributed by atoms with E-state index in [2.05, 4.69) is 36.9 Å². The summed E-state index contributed by atoms with van der Waals surface area (Å²) in [6.45, 7) is 6.23. The van der Waals surface area contributed by atoms with Crippen molar-refractivity contribution in [2.75, 3.05) is 13.1 Å². The van der Waals surface area contributed by atoms with Gasteiger partial charge in [0.15, 0.2) is 0 Å². The predicted octanol–water partition coefficient (Wildman–Crippen LogP) is 3.99. The van der Waals surface area contributed by atoms with E-state index in [-0.39, 0.29) is 6.10 Å². The number of aliphatic hydroxyl groups is 1. The van der Waals surface area contributed by atoms with Gasteiger partial charge in [0.2, 0.25) is 0 Å². The zero-order valence-electron chi connectivity index (χ0n) is 13.5. The van der Waals surface area contributed by atoms with E-state index in [1.807, 2.05) is 0 Å². The SMILES string of the molecule is Cc1ccc(C(O)CN2CCCC2C2CCCC2)cc1C. The van der Waals surface area contributed by atoms with Crippen LogP contribution in [0.4, 0.5) is 0 Å². The van der Waals surface area contributed by atoms with E-state index in [1.165, 1.54) is 56.2 Å². The first-order valence-electron chi connectivity index (χ1n) is 8.64. The molecule has 2 unspecified atom stereocenters. The number of benzene rings is 1. The van der Waals surface area contributed by atoms with E-state index in [4.69, 9.17) is 0 Å². The number of nitrogens with zero attached hydrogens (tertiary/aromatic N) is 1. The Balaban J connectivity index is 1.65. The molecule has 1 N–H and O–H groups in total. The van der Waals surface area contributed by atoms with E-state index in [0.29, 0.717) is 0 Å². The molecule has 1 saturated carbocycles. The molecule has 3 rings (SSSR count). The van der Waals surface area contributed by atoms with Crippen LogP contribution in [0.5, 0.6) is 0 Å². The van der Waals surface area contributed by atoms with E-state index in [0.717, 1.165) is 24.1 Å². The van der Waals surface area contributed by atoms with Gasteiger partial charge < -0.3 is 5.11 Å². The lowest BCUT2D eigenvalue weighted by atomic mass is 9.95. The fourth-order valence-electron chi connectivity index (χ4n) is 4.25. The van der Waals surface area contributed by atoms with Crippen LogP contribution in [0.15, 0.2) is 18.2 Å². The molecule has 1 aromatic carbocycles. The van der Waals surface area contributed by atoms with Crippen molar-refractivity contribution < 1.29 is 5.11 Å². The highest BCUT2D eigenvalue weighted by Crippen LogP contribution is 2.36. The first kappa shape index (κ1) is 15.1. The van der Waals surface area contributed by atoms with E-state index < -0.39 is 0 Å². The molecule has 116 valence electrons. The number of aliphatic hydroxyl groups excluding tert-OH is 1. The number of aryl methyl sites for hydroxylation is 2. The van der Waals surface area contributed by atoms with Gasteiger partial charge in [-0.05, 0) is 68.7 Å². The summed E-state index contributed by atoms with van der Waals surface area (Å²) in [7, 11) is 0. The van der Waals surface area contributed by atoms with Crippen LogP contribution in [0.3, 0.4) is 0 Å². The standard InChI is InChI=1S/C19H29NO/c1-14-9-10-17(12-15(14)2)19(21)13-20-11-5-8-18(20)16-6-3-4-7-16/h9-10,12,16,18-19,21H,3-8,11,13H2,1-2H3. The van der Waals surface area contributed by atoms with Crippen LogP contribution in [0.1, 0.15) is 61.3 Å². The molecule has 0 spiro atoms. The van der Waals surface area contributed by atoms with Gasteiger partial charge in [0.1, 0.15) is 0 Å². The van der Waals surface area contributed by atoms with Crippen molar-refractivity contribution in [3.8, 4) is 0 Å². The highest BCUT2D eigenvalue weighted by atomic mass is 16.3. The molecule has 2 heteroatoms. The summed E-state index contributed by atoms with van der Waals surface area (Å²) in [5.74, 6) is 0.888. The van der Waals surface area contributed by atoms with Gasteiger partial charge in [0.05, 0.1) is 6.10 Å². The summed E-state index contributed by atoms with van der Waals surface area (Å²) in [5, 5.41) is 10.6. The van der Waals surface area contributed by atoms with Crippen LogP contribution in [0, 0.1) is 19.8 Å². The van der Waals surface area contributed by atoms with Crippen molar-refractivity contribution >= 4 is 0 Å². The second-order valence-electron chi connectivity index (χ2n) is 7.11. The molecule has 1 aliphatic heterocycles. The van der Waals surface area contributed by atoms with Crippen molar-refractivity contribution in [3.63, 3.8) is 0 Å². The second kappa shape index (κ2) is 6.50. The minimum Gasteiger partial charge on any atom is -0.387 e. The smallest absolute Gasteiger partial charge is 0.0917 e. The summed E-state index contributed by atoms with van der Waals surface area (Å²) >= 11 is 0. The summed E-state index contributed by atoms with van der Waals surface area (Å²) < 4.78 is 0. The quantitative estimate of drug-likeness (QED) is 0.905. The third-order valence-electron chi connectivity index (χ3n) is 5.68. The van der Waals surface area contributed by atoms with Crippen molar-refractivity contribution in [1.82, 2.24) is 4.90 Å². The zero-order chi connectivity index (χ0) is 14.8. The third-order valence-corrected chi connectivity index (χ3v) is 5.68. The average molecular weight is 287 g/mol. The van der Waals surface area contributed by atoms with Crippen molar-refractivity contribution in [1.29, 1.82) is 0 Å². The lowest BCUT2D eigenvalue weighted by Crippen LogP contribution is -2.37. The minimum atomic E-state index is -0.341. The Hall–Kier alpha value is -0.860. The van der Waals surface area contributed by atoms with Gasteiger partial charge in [-0.1, -0.05) is 31.0 Å². The molecular weight excluding hydrogens is 258 g/mol. The summed E-state index contributed by atoms with van der Waals surface area (Å²) in [4.78, 5) is 2.57. The molecule has 0 radical (unpaired) electrons. The highest BCUT2D eigenvalue weighted by Gasteiger charge is 2.34. The molecule has 2 fully saturated rings. The maximum absolute atomic E-state index is 10.6. The van der Waals surface area contributed by atoms with Crippen LogP contribution in [0.2, 0.25) is 0 Å². The molecule has 2 atom stereocenters. The maximum Gasteiger partial charge on any atom is 0.0917 e. The monoisotopic (exact) mass is 287 g/mol. The second-order valence-corrected chi connectivity index (χ2v) is 7.11. The molecule has 0 aromatic heterocycles. The Kier molecular flexibility index (Phi) is 4.66. The van der Waals surface area contributed by atoms with Crippen LogP contribution in [-0.4, -0.2) is 29.1 Å². The first-order chi connectivity index (χ1) is 10.1. The Morgan fingerprint density at radius 3 is 2.57 bits per heavy atom. The fourth-order valence-corrected chi connectivity index (χ4v) is 4.25. The summed E-state index contributed by atoms with van der Waals surface area (Å²) in [6.07, 6.45) is 7.93. The first-order valence-corrected chi connectivity index (χ1v) is 8.64. The Morgan fingerprint density at radius 2 is 1.86 bits per heavy atom. The fraction of sp³-hybridized carbons (Fsp3) is 0.684. The largest absolute Gasteiger partial charge is 0.387 e. The molecule has 21 heavy (non-hydrogen) atoms. The van der Waals surface area contributed by atoms with Crippen molar-refractivity contribution in [2.45, 2.75) is 64.5 Å². The molecule has 1 aliphatic carbocycles. The van der Waals surface area contributed by atoms with Gasteiger partial charge >= 0.3 is 0 Å². The van der Waals surface area contributed by atoms with Crippen LogP contribution in [-0.2, 0) is 0 Å². The van der Waals surface area contributed by atoms with Gasteiger partial charge in [-0.2, -0.15) is 0 Å². The topological polar surface area (TPSA) is 23.5 Å². The van der Waals surface area contributed by atoms with Gasteiger partial charge in [-0.25, -0.2) is 0 Å². The van der Waals surface area contributed by atoms with Gasteiger partial charge in [0, 0.05) is 12.6 Å². The molecule has 1 saturated heterocycles. The average Bonchev–Trinajstić information content (AvgIpc) is 3.12. The molecule has 0 bridgehead atoms. The van der Waals surface area contributed by atoms with Gasteiger partial charge in [0.25, 0.3) is 0 Å². The number of hydrogen-bond donors (Lipinski definition) is 1. The van der Waals surface area contributed by atoms with E-state index in [9.17, 15) is 5.11 Å². The molecule has 1 heterocycles. The number of rotatable bonds is 4. The van der Waals surface area contributed by atoms with Crippen LogP contribution >= 0.6 is 0 Å². The Labute approximate surface area is 129 Å². The highest BCUT2D eigenvalue weighted by molar-refractivity contribution is 5.31. The van der Waals surface area contributed by atoms with Gasteiger partial charge in [-0.3, -0.25) is 4.90 Å². The van der Waals surface area contributed by atoms with Crippen LogP contribution < -0.4 is 0 Å². The number of hydrogen-bond acceptors (Lipinski definition) is 2. The normalized spacial score (nSPS) is 25.6. The molecule has 0 amide bonds. The Morgan fingerprint density at radius 1 is 1.10 bits per heavy atom. The molecule has 2 nitrogen and oxygen atoms in total. The summed E-state index contributed by atoms with van der Waals surface area (Å²) in [6, 6.07) is 7.11. The van der Waals surface area contributed by atoms with Gasteiger partial charge in [-0.15, -0.1) is 0 Å². The molecular formula is C19H29NO. The third kappa shape index (κ3) is 3.32. The Bertz CT molecular complexity index is 478. The van der Waals surface area contributed by atoms with E-state index in [1.54, 1.807) is 0 Å². The number of β-amino-alcohol motifs (C(OH)–C–C–N with tert-alkyl or cyclic N) is 1. The predicted molar refractivity (Wildman–Crippen MR) is 87.4 cm³/mol. The molecule has 1 aromatic rings. The lowest BCUT2D eigenvalue weighted by Gasteiger charge is -2.31. The van der Waals surface area contributed by atoms with Crippen molar-refractivity contribution in [3.05, 3.63) is 34.9 Å². The maximum atomic E-state index is 10.6. The van der Waals surface area contributed by atoms with Crippen molar-refractivity contribution in [2.24, 2.45) is 5.92 Å². The van der Waals surface area contributed by atoms with E-state index >= 15 is 0 Å². The molecule has 2 aliphatic rings. The number of likely N-dealkylation sites (tertiary alicyclic amines) is 1. The minimum absolute atomic E-state index is 0.341. The van der Waals surface area contributed by atoms with Crippen LogP contribution in [0.25, 0.3) is 0 Å². The summed E-state index contributed by atoms with van der Waals surface area (Å²) in [5.41, 5.74) is 3.66. The zero-order valence-corrected chi connectivity index (χ0v) is 13.5.